The maximum Gasteiger partial charge on any atom is 0.245 e. The van der Waals surface area contributed by atoms with Gasteiger partial charge in [-0.05, 0) is 38.0 Å². The Morgan fingerprint density at radius 2 is 1.76 bits per heavy atom. The number of hydrogen-bond donors (Lipinski definition) is 3. The lowest BCUT2D eigenvalue weighted by Crippen LogP contribution is -2.62. The minimum Gasteiger partial charge on any atom is -0.361 e. The monoisotopic (exact) mass is 522 g/mol. The number of nitrogens with one attached hydrogen (secondary N) is 3. The Bertz CT molecular complexity index is 1480. The van der Waals surface area contributed by atoms with Crippen molar-refractivity contribution in [3.05, 3.63) is 71.9 Å². The van der Waals surface area contributed by atoms with Crippen LogP contribution in [0.1, 0.15) is 44.4 Å². The van der Waals surface area contributed by atoms with Gasteiger partial charge in [-0.3, -0.25) is 14.4 Å². The van der Waals surface area contributed by atoms with Gasteiger partial charge in [0.2, 0.25) is 17.7 Å². The fourth-order valence-corrected chi connectivity index (χ4v) is 7.51. The molecule has 3 aromatic rings. The SMILES string of the molecule is C[C@H](NC(=O)[C@H](Cc1c[nH]c2ccccc12)NC(=O)[C@@H]1N2C(=O)C[C@H]2S(=O)(=O)C1(C)C)c1ccccc1. The van der Waals surface area contributed by atoms with Crippen LogP contribution in [-0.4, -0.2) is 58.2 Å². The van der Waals surface area contributed by atoms with Crippen molar-refractivity contribution < 1.29 is 22.8 Å². The number of aromatic amines is 1. The number of aromatic nitrogens is 1. The first-order valence-corrected chi connectivity index (χ1v) is 13.8. The number of nitrogens with zero attached hydrogens (tertiary/aromatic N) is 1. The van der Waals surface area contributed by atoms with Crippen LogP contribution in [0.15, 0.2) is 60.8 Å². The van der Waals surface area contributed by atoms with Gasteiger partial charge in [-0.15, -0.1) is 0 Å². The fraction of sp³-hybridized carbons (Fsp3) is 0.370. The molecular formula is C27H30N4O5S. The Morgan fingerprint density at radius 1 is 1.08 bits per heavy atom. The van der Waals surface area contributed by atoms with Gasteiger partial charge in [-0.25, -0.2) is 8.42 Å². The van der Waals surface area contributed by atoms with Crippen LogP contribution < -0.4 is 10.6 Å². The van der Waals surface area contributed by atoms with Gasteiger partial charge in [0.15, 0.2) is 9.84 Å². The average molecular weight is 523 g/mol. The van der Waals surface area contributed by atoms with Crippen LogP contribution in [0.3, 0.4) is 0 Å². The molecule has 194 valence electrons. The minimum absolute atomic E-state index is 0.122. The zero-order chi connectivity index (χ0) is 26.5. The van der Waals surface area contributed by atoms with Crippen LogP contribution in [-0.2, 0) is 30.6 Å². The number of para-hydroxylation sites is 1. The topological polar surface area (TPSA) is 128 Å². The van der Waals surface area contributed by atoms with Crippen molar-refractivity contribution in [2.24, 2.45) is 0 Å². The third kappa shape index (κ3) is 4.09. The average Bonchev–Trinajstić information content (AvgIpc) is 3.32. The van der Waals surface area contributed by atoms with Crippen LogP contribution in [0, 0.1) is 0 Å². The highest BCUT2D eigenvalue weighted by atomic mass is 32.2. The molecule has 2 fully saturated rings. The van der Waals surface area contributed by atoms with Crippen molar-refractivity contribution in [2.75, 3.05) is 0 Å². The molecule has 10 heteroatoms. The number of amides is 3. The lowest BCUT2D eigenvalue weighted by Gasteiger charge is -2.37. The number of sulfone groups is 1. The minimum atomic E-state index is -3.74. The zero-order valence-electron chi connectivity index (χ0n) is 20.9. The van der Waals surface area contributed by atoms with Crippen LogP contribution in [0.5, 0.6) is 0 Å². The quantitative estimate of drug-likeness (QED) is 0.410. The van der Waals surface area contributed by atoms with E-state index in [4.69, 9.17) is 0 Å². The molecule has 3 heterocycles. The normalized spacial score (nSPS) is 23.1. The number of H-pyrrole nitrogens is 1. The highest BCUT2D eigenvalue weighted by Crippen LogP contribution is 2.45. The first kappa shape index (κ1) is 25.0. The Balaban J connectivity index is 1.43. The van der Waals surface area contributed by atoms with Gasteiger partial charge in [-0.1, -0.05) is 48.5 Å². The van der Waals surface area contributed by atoms with Gasteiger partial charge in [0.05, 0.1) is 17.2 Å². The predicted octanol–water partition coefficient (Wildman–Crippen LogP) is 2.21. The summed E-state index contributed by atoms with van der Waals surface area (Å²) in [6.07, 6.45) is 1.86. The van der Waals surface area contributed by atoms with E-state index in [1.54, 1.807) is 6.20 Å². The van der Waals surface area contributed by atoms with Gasteiger partial charge in [0.1, 0.15) is 17.5 Å². The molecule has 0 spiro atoms. The molecule has 1 aromatic heterocycles. The molecule has 9 nitrogen and oxygen atoms in total. The lowest BCUT2D eigenvalue weighted by molar-refractivity contribution is -0.150. The zero-order valence-corrected chi connectivity index (χ0v) is 21.7. The fourth-order valence-electron chi connectivity index (χ4n) is 5.37. The van der Waals surface area contributed by atoms with E-state index in [9.17, 15) is 22.8 Å². The molecule has 0 aliphatic carbocycles. The number of benzene rings is 2. The van der Waals surface area contributed by atoms with Gasteiger partial charge >= 0.3 is 0 Å². The maximum absolute atomic E-state index is 13.6. The second kappa shape index (κ2) is 9.02. The van der Waals surface area contributed by atoms with Crippen molar-refractivity contribution in [3.63, 3.8) is 0 Å². The van der Waals surface area contributed by atoms with E-state index in [0.29, 0.717) is 0 Å². The number of carbonyl (C=O) groups excluding carboxylic acids is 3. The Hall–Kier alpha value is -3.66. The number of rotatable bonds is 7. The molecule has 5 rings (SSSR count). The van der Waals surface area contributed by atoms with Gasteiger partial charge < -0.3 is 20.5 Å². The molecule has 3 amide bonds. The summed E-state index contributed by atoms with van der Waals surface area (Å²) < 4.78 is 24.5. The summed E-state index contributed by atoms with van der Waals surface area (Å²) in [5, 5.41) is 5.69. The molecule has 0 unspecified atom stereocenters. The first-order valence-electron chi connectivity index (χ1n) is 12.3. The molecule has 37 heavy (non-hydrogen) atoms. The van der Waals surface area contributed by atoms with Gasteiger partial charge in [-0.2, -0.15) is 0 Å². The lowest BCUT2D eigenvalue weighted by atomic mass is 9.96. The van der Waals surface area contributed by atoms with Crippen molar-refractivity contribution in [3.8, 4) is 0 Å². The van der Waals surface area contributed by atoms with E-state index >= 15 is 0 Å². The predicted molar refractivity (Wildman–Crippen MR) is 139 cm³/mol. The van der Waals surface area contributed by atoms with E-state index in [1.165, 1.54) is 13.8 Å². The van der Waals surface area contributed by atoms with E-state index in [1.807, 2.05) is 61.5 Å². The van der Waals surface area contributed by atoms with E-state index < -0.39 is 43.9 Å². The van der Waals surface area contributed by atoms with Crippen LogP contribution in [0.4, 0.5) is 0 Å². The summed E-state index contributed by atoms with van der Waals surface area (Å²) in [4.78, 5) is 43.8. The third-order valence-corrected chi connectivity index (χ3v) is 10.4. The molecule has 3 N–H and O–H groups in total. The van der Waals surface area contributed by atoms with Crippen molar-refractivity contribution >= 4 is 38.5 Å². The van der Waals surface area contributed by atoms with Crippen LogP contribution in [0.2, 0.25) is 0 Å². The smallest absolute Gasteiger partial charge is 0.245 e. The van der Waals surface area contributed by atoms with Crippen molar-refractivity contribution in [1.82, 2.24) is 20.5 Å². The highest BCUT2D eigenvalue weighted by molar-refractivity contribution is 7.93. The molecular weight excluding hydrogens is 492 g/mol. The summed E-state index contributed by atoms with van der Waals surface area (Å²) in [7, 11) is -3.74. The third-order valence-electron chi connectivity index (χ3n) is 7.61. The second-order valence-electron chi connectivity index (χ2n) is 10.3. The molecule has 0 radical (unpaired) electrons. The standard InChI is InChI=1S/C27H30N4O5S/c1-16(17-9-5-4-6-10-17)29-25(33)21(13-18-15-28-20-12-8-7-11-19(18)20)30-26(34)24-27(2,3)37(35,36)23-14-22(32)31(23)24/h4-12,15-16,21,23-24,28H,13-14H2,1-3H3,(H,29,33)(H,30,34)/t16-,21-,23+,24-/m0/s1. The molecule has 0 bridgehead atoms. The summed E-state index contributed by atoms with van der Waals surface area (Å²) >= 11 is 0. The van der Waals surface area contributed by atoms with E-state index in [-0.39, 0.29) is 24.8 Å². The van der Waals surface area contributed by atoms with Gasteiger partial charge in [0.25, 0.3) is 0 Å². The molecule has 2 aliphatic heterocycles. The Kier molecular flexibility index (Phi) is 6.10. The maximum atomic E-state index is 13.6. The van der Waals surface area contributed by atoms with Gasteiger partial charge in [0, 0.05) is 23.5 Å². The summed E-state index contributed by atoms with van der Waals surface area (Å²) in [6, 6.07) is 14.6. The van der Waals surface area contributed by atoms with Crippen LogP contribution in [0.25, 0.3) is 10.9 Å². The molecule has 0 saturated carbocycles. The molecule has 2 aliphatic rings. The number of fused-ring (bicyclic) bond motifs is 2. The number of β-lactam (4-membered cyclic amide) rings is 1. The van der Waals surface area contributed by atoms with E-state index in [0.717, 1.165) is 26.9 Å². The summed E-state index contributed by atoms with van der Waals surface area (Å²) in [5.74, 6) is -1.44. The Labute approximate surface area is 215 Å². The van der Waals surface area contributed by atoms with Crippen LogP contribution >= 0.6 is 0 Å². The Morgan fingerprint density at radius 3 is 2.46 bits per heavy atom. The number of carbonyl (C=O) groups is 3. The molecule has 2 aromatic carbocycles. The van der Waals surface area contributed by atoms with Crippen molar-refractivity contribution in [2.45, 2.75) is 61.9 Å². The number of hydrogen-bond acceptors (Lipinski definition) is 5. The summed E-state index contributed by atoms with van der Waals surface area (Å²) in [5.41, 5.74) is 2.64. The molecule has 2 saturated heterocycles. The van der Waals surface area contributed by atoms with Crippen molar-refractivity contribution in [1.29, 1.82) is 0 Å². The summed E-state index contributed by atoms with van der Waals surface area (Å²) in [6.45, 7) is 4.78. The van der Waals surface area contributed by atoms with E-state index in [2.05, 4.69) is 15.6 Å². The first-order chi connectivity index (χ1) is 17.5. The molecule has 4 atom stereocenters. The second-order valence-corrected chi connectivity index (χ2v) is 13.0. The largest absolute Gasteiger partial charge is 0.361 e. The highest BCUT2D eigenvalue weighted by Gasteiger charge is 2.67.